The van der Waals surface area contributed by atoms with E-state index in [-0.39, 0.29) is 47.1 Å². The summed E-state index contributed by atoms with van der Waals surface area (Å²) >= 11 is 0. The lowest BCUT2D eigenvalue weighted by Crippen LogP contribution is -2.07. The van der Waals surface area contributed by atoms with Gasteiger partial charge in [0.1, 0.15) is 28.8 Å². The first-order chi connectivity index (χ1) is 17.8. The molecule has 10 heteroatoms. The number of aromatic amines is 2. The Labute approximate surface area is 209 Å². The predicted molar refractivity (Wildman–Crippen MR) is 131 cm³/mol. The first-order valence-electron chi connectivity index (χ1n) is 11.3. The molecular weight excluding hydrogens is 482 g/mol. The molecule has 0 fully saturated rings. The van der Waals surface area contributed by atoms with Crippen LogP contribution in [0.3, 0.4) is 0 Å². The van der Waals surface area contributed by atoms with Gasteiger partial charge >= 0.3 is 5.97 Å². The van der Waals surface area contributed by atoms with E-state index in [0.717, 1.165) is 5.39 Å². The van der Waals surface area contributed by atoms with Crippen molar-refractivity contribution in [2.24, 2.45) is 0 Å². The third-order valence-corrected chi connectivity index (χ3v) is 5.88. The summed E-state index contributed by atoms with van der Waals surface area (Å²) in [5.41, 5.74) is 1.89. The van der Waals surface area contributed by atoms with Crippen LogP contribution >= 0.6 is 0 Å². The minimum absolute atomic E-state index is 0.0221. The Kier molecular flexibility index (Phi) is 6.22. The van der Waals surface area contributed by atoms with Gasteiger partial charge in [-0.2, -0.15) is 0 Å². The van der Waals surface area contributed by atoms with Gasteiger partial charge in [0.25, 0.3) is 0 Å². The largest absolute Gasteiger partial charge is 0.481 e. The van der Waals surface area contributed by atoms with Crippen LogP contribution in [0.15, 0.2) is 60.9 Å². The molecule has 3 heterocycles. The fraction of sp³-hybridized carbons (Fsp3) is 0.111. The summed E-state index contributed by atoms with van der Waals surface area (Å²) in [6, 6.07) is 11.8. The molecule has 0 bridgehead atoms. The van der Waals surface area contributed by atoms with Crippen molar-refractivity contribution in [2.75, 3.05) is 0 Å². The molecule has 8 nitrogen and oxygen atoms in total. The van der Waals surface area contributed by atoms with E-state index < -0.39 is 23.4 Å². The Balaban J connectivity index is 1.41. The highest BCUT2D eigenvalue weighted by Crippen LogP contribution is 2.35. The molecule has 5 rings (SSSR count). The number of carboxylic acids is 1. The third-order valence-electron chi connectivity index (χ3n) is 5.88. The van der Waals surface area contributed by atoms with E-state index in [0.29, 0.717) is 16.8 Å². The number of fused-ring (bicyclic) bond motifs is 1. The maximum atomic E-state index is 14.7. The number of pyridine rings is 1. The van der Waals surface area contributed by atoms with Crippen molar-refractivity contribution in [3.63, 3.8) is 0 Å². The van der Waals surface area contributed by atoms with Crippen LogP contribution in [-0.4, -0.2) is 36.8 Å². The number of hydrogen-bond donors (Lipinski definition) is 3. The van der Waals surface area contributed by atoms with Crippen molar-refractivity contribution in [3.05, 3.63) is 95.2 Å². The van der Waals surface area contributed by atoms with Gasteiger partial charge in [-0.3, -0.25) is 9.59 Å². The molecule has 0 aliphatic heterocycles. The van der Waals surface area contributed by atoms with Gasteiger partial charge in [-0.05, 0) is 43.3 Å². The third kappa shape index (κ3) is 4.81. The molecule has 5 aromatic rings. The van der Waals surface area contributed by atoms with E-state index in [1.807, 2.05) is 6.07 Å². The van der Waals surface area contributed by atoms with E-state index >= 15 is 0 Å². The van der Waals surface area contributed by atoms with Gasteiger partial charge in [0.15, 0.2) is 11.6 Å². The number of H-pyrrole nitrogens is 2. The molecule has 0 radical (unpaired) electrons. The normalized spacial score (nSPS) is 11.1. The van der Waals surface area contributed by atoms with E-state index in [1.165, 1.54) is 36.5 Å². The monoisotopic (exact) mass is 502 g/mol. The molecule has 0 unspecified atom stereocenters. The van der Waals surface area contributed by atoms with E-state index in [9.17, 15) is 18.4 Å². The number of ether oxygens (including phenoxy) is 1. The molecule has 186 valence electrons. The highest BCUT2D eigenvalue weighted by atomic mass is 19.1. The quantitative estimate of drug-likeness (QED) is 0.238. The van der Waals surface area contributed by atoms with E-state index in [4.69, 9.17) is 9.84 Å². The Morgan fingerprint density at radius 2 is 1.92 bits per heavy atom. The van der Waals surface area contributed by atoms with Gasteiger partial charge in [0.05, 0.1) is 18.2 Å². The van der Waals surface area contributed by atoms with Gasteiger partial charge in [-0.15, -0.1) is 0 Å². The molecule has 2 aromatic carbocycles. The lowest BCUT2D eigenvalue weighted by molar-refractivity contribution is -0.136. The van der Waals surface area contributed by atoms with Crippen molar-refractivity contribution in [2.45, 2.75) is 19.8 Å². The number of rotatable bonds is 8. The summed E-state index contributed by atoms with van der Waals surface area (Å²) in [7, 11) is 0. The van der Waals surface area contributed by atoms with Crippen LogP contribution in [0, 0.1) is 18.6 Å². The molecule has 0 atom stereocenters. The zero-order valence-corrected chi connectivity index (χ0v) is 19.5. The second-order valence-corrected chi connectivity index (χ2v) is 8.38. The van der Waals surface area contributed by atoms with Crippen LogP contribution in [0.25, 0.3) is 22.3 Å². The van der Waals surface area contributed by atoms with Crippen molar-refractivity contribution in [1.29, 1.82) is 0 Å². The summed E-state index contributed by atoms with van der Waals surface area (Å²) in [4.78, 5) is 37.9. The summed E-state index contributed by atoms with van der Waals surface area (Å²) in [5, 5.41) is 9.66. The van der Waals surface area contributed by atoms with Crippen molar-refractivity contribution < 1.29 is 28.2 Å². The number of imidazole rings is 1. The van der Waals surface area contributed by atoms with Gasteiger partial charge in [0.2, 0.25) is 5.78 Å². The van der Waals surface area contributed by atoms with Crippen molar-refractivity contribution in [1.82, 2.24) is 19.9 Å². The molecule has 0 aliphatic rings. The zero-order chi connectivity index (χ0) is 26.1. The standard InChI is InChI=1S/C27H20F2N4O4/c1-14-17-9-10-30-22(17)12-20(29)26(14)37-16-6-7-19(28)18(11-16)27-31-13-23(33-27)25(36)21-4-2-3-15(32-21)5-8-24(34)35/h2-4,6-7,9-13,30H,5,8H2,1H3,(H,31,33)(H,34,35). The van der Waals surface area contributed by atoms with E-state index in [1.54, 1.807) is 25.3 Å². The number of carbonyl (C=O) groups excluding carboxylic acids is 1. The summed E-state index contributed by atoms with van der Waals surface area (Å²) in [6.07, 6.45) is 3.03. The van der Waals surface area contributed by atoms with Crippen LogP contribution in [-0.2, 0) is 11.2 Å². The Hall–Kier alpha value is -4.86. The highest BCUT2D eigenvalue weighted by Gasteiger charge is 2.19. The molecule has 3 N–H and O–H groups in total. The zero-order valence-electron chi connectivity index (χ0n) is 19.5. The summed E-state index contributed by atoms with van der Waals surface area (Å²) in [5.74, 6) is -2.35. The fourth-order valence-corrected chi connectivity index (χ4v) is 4.01. The van der Waals surface area contributed by atoms with Crippen molar-refractivity contribution in [3.8, 4) is 22.9 Å². The fourth-order valence-electron chi connectivity index (χ4n) is 4.01. The molecular formula is C27H20F2N4O4. The van der Waals surface area contributed by atoms with Crippen LogP contribution in [0.4, 0.5) is 8.78 Å². The summed E-state index contributed by atoms with van der Waals surface area (Å²) in [6.45, 7) is 1.73. The number of ketones is 1. The smallest absolute Gasteiger partial charge is 0.303 e. The van der Waals surface area contributed by atoms with Gasteiger partial charge in [-0.1, -0.05) is 6.07 Å². The second kappa shape index (κ2) is 9.65. The van der Waals surface area contributed by atoms with Crippen LogP contribution < -0.4 is 4.74 Å². The van der Waals surface area contributed by atoms with Gasteiger partial charge < -0.3 is 19.8 Å². The number of halogens is 2. The molecule has 0 saturated heterocycles. The minimum Gasteiger partial charge on any atom is -0.481 e. The van der Waals surface area contributed by atoms with Crippen molar-refractivity contribution >= 4 is 22.7 Å². The lowest BCUT2D eigenvalue weighted by Gasteiger charge is -2.12. The lowest BCUT2D eigenvalue weighted by atomic mass is 10.1. The Morgan fingerprint density at radius 3 is 2.73 bits per heavy atom. The number of aryl methyl sites for hydroxylation is 2. The molecule has 0 saturated carbocycles. The molecule has 0 spiro atoms. The van der Waals surface area contributed by atoms with Crippen LogP contribution in [0.1, 0.15) is 33.9 Å². The number of benzene rings is 2. The van der Waals surface area contributed by atoms with Crippen LogP contribution in [0.2, 0.25) is 0 Å². The summed E-state index contributed by atoms with van der Waals surface area (Å²) < 4.78 is 35.2. The molecule has 3 aromatic heterocycles. The van der Waals surface area contributed by atoms with Gasteiger partial charge in [0, 0.05) is 40.8 Å². The second-order valence-electron chi connectivity index (χ2n) is 8.38. The van der Waals surface area contributed by atoms with Gasteiger partial charge in [-0.25, -0.2) is 18.7 Å². The molecule has 37 heavy (non-hydrogen) atoms. The average molecular weight is 502 g/mol. The number of aliphatic carboxylic acids is 1. The van der Waals surface area contributed by atoms with Crippen LogP contribution in [0.5, 0.6) is 11.5 Å². The first-order valence-corrected chi connectivity index (χ1v) is 11.3. The number of hydrogen-bond acceptors (Lipinski definition) is 5. The first kappa shape index (κ1) is 23.9. The number of carboxylic acid groups (broad SMARTS) is 1. The maximum Gasteiger partial charge on any atom is 0.303 e. The average Bonchev–Trinajstić information content (AvgIpc) is 3.56. The van der Waals surface area contributed by atoms with E-state index in [2.05, 4.69) is 19.9 Å². The molecule has 0 amide bonds. The SMILES string of the molecule is Cc1c(Oc2ccc(F)c(-c3ncc(C(=O)c4cccc(CCC(=O)O)n4)[nH]3)c2)c(F)cc2[nH]ccc12. The number of nitrogens with one attached hydrogen (secondary N) is 2. The minimum atomic E-state index is -0.965. The number of carbonyl (C=O) groups is 2. The molecule has 0 aliphatic carbocycles. The Bertz CT molecular complexity index is 1660. The predicted octanol–water partition coefficient (Wildman–Crippen LogP) is 5.58. The maximum absolute atomic E-state index is 14.7. The number of nitrogens with zero attached hydrogens (tertiary/aromatic N) is 2. The highest BCUT2D eigenvalue weighted by molar-refractivity contribution is 6.06. The number of aromatic nitrogens is 4. The Morgan fingerprint density at radius 1 is 1.08 bits per heavy atom. The topological polar surface area (TPSA) is 121 Å².